The Labute approximate surface area is 135 Å². The molecule has 1 unspecified atom stereocenters. The molecule has 1 aromatic carbocycles. The number of carbonyl (C=O) groups excluding carboxylic acids is 1. The molecule has 0 fully saturated rings. The van der Waals surface area contributed by atoms with Gasteiger partial charge in [0.05, 0.1) is 12.6 Å². The molecule has 1 heterocycles. The van der Waals surface area contributed by atoms with Crippen LogP contribution >= 0.6 is 0 Å². The van der Waals surface area contributed by atoms with E-state index in [1.807, 2.05) is 37.3 Å². The zero-order valence-corrected chi connectivity index (χ0v) is 13.6. The van der Waals surface area contributed by atoms with Crippen molar-refractivity contribution >= 4 is 5.91 Å². The lowest BCUT2D eigenvalue weighted by Crippen LogP contribution is -2.42. The highest BCUT2D eigenvalue weighted by Crippen LogP contribution is 2.12. The molecule has 0 aliphatic heterocycles. The van der Waals surface area contributed by atoms with E-state index in [2.05, 4.69) is 10.1 Å². The number of nitrogens with two attached hydrogens (primary N) is 1. The SMILES string of the molecule is COC(C)c1noc(CN(C)C(=O)[C@@H](N)Cc2ccccc2)n1. The maximum atomic E-state index is 12.3. The average Bonchev–Trinajstić information content (AvgIpc) is 3.02. The lowest BCUT2D eigenvalue weighted by molar-refractivity contribution is -0.132. The van der Waals surface area contributed by atoms with Crippen molar-refractivity contribution in [1.82, 2.24) is 15.0 Å². The van der Waals surface area contributed by atoms with Gasteiger partial charge in [0.25, 0.3) is 0 Å². The first-order valence-electron chi connectivity index (χ1n) is 7.41. The first kappa shape index (κ1) is 17.1. The van der Waals surface area contributed by atoms with Crippen LogP contribution in [0.5, 0.6) is 0 Å². The van der Waals surface area contributed by atoms with E-state index in [9.17, 15) is 4.79 Å². The Morgan fingerprint density at radius 3 is 2.74 bits per heavy atom. The maximum Gasteiger partial charge on any atom is 0.246 e. The van der Waals surface area contributed by atoms with Crippen LogP contribution in [-0.2, 0) is 22.5 Å². The van der Waals surface area contributed by atoms with Crippen molar-refractivity contribution in [2.45, 2.75) is 32.0 Å². The Kier molecular flexibility index (Phi) is 5.84. The van der Waals surface area contributed by atoms with Crippen LogP contribution < -0.4 is 5.73 Å². The molecule has 2 rings (SSSR count). The molecule has 0 saturated heterocycles. The molecule has 124 valence electrons. The molecule has 2 N–H and O–H groups in total. The van der Waals surface area contributed by atoms with Gasteiger partial charge in [0.2, 0.25) is 11.8 Å². The van der Waals surface area contributed by atoms with Crippen LogP contribution in [0.3, 0.4) is 0 Å². The van der Waals surface area contributed by atoms with Crippen LogP contribution in [0, 0.1) is 0 Å². The van der Waals surface area contributed by atoms with Gasteiger partial charge in [-0.3, -0.25) is 4.79 Å². The molecule has 0 aliphatic carbocycles. The maximum absolute atomic E-state index is 12.3. The molecule has 1 aromatic heterocycles. The number of benzene rings is 1. The second-order valence-corrected chi connectivity index (χ2v) is 5.41. The highest BCUT2D eigenvalue weighted by molar-refractivity contribution is 5.81. The summed E-state index contributed by atoms with van der Waals surface area (Å²) in [6.45, 7) is 2.03. The number of hydrogen-bond donors (Lipinski definition) is 1. The smallest absolute Gasteiger partial charge is 0.246 e. The summed E-state index contributed by atoms with van der Waals surface area (Å²) >= 11 is 0. The Hall–Kier alpha value is -2.25. The molecule has 1 amide bonds. The topological polar surface area (TPSA) is 94.5 Å². The summed E-state index contributed by atoms with van der Waals surface area (Å²) in [6, 6.07) is 9.06. The van der Waals surface area contributed by atoms with E-state index in [0.717, 1.165) is 5.56 Å². The molecule has 7 nitrogen and oxygen atoms in total. The second kappa shape index (κ2) is 7.85. The molecular formula is C16H22N4O3. The number of amides is 1. The predicted molar refractivity (Wildman–Crippen MR) is 84.3 cm³/mol. The van der Waals surface area contributed by atoms with Crippen LogP contribution in [0.2, 0.25) is 0 Å². The van der Waals surface area contributed by atoms with Gasteiger partial charge in [-0.1, -0.05) is 35.5 Å². The van der Waals surface area contributed by atoms with Gasteiger partial charge in [-0.15, -0.1) is 0 Å². The van der Waals surface area contributed by atoms with E-state index in [4.69, 9.17) is 15.0 Å². The van der Waals surface area contributed by atoms with Gasteiger partial charge in [0.15, 0.2) is 5.82 Å². The first-order chi connectivity index (χ1) is 11.0. The molecule has 0 bridgehead atoms. The average molecular weight is 318 g/mol. The molecule has 23 heavy (non-hydrogen) atoms. The lowest BCUT2D eigenvalue weighted by atomic mass is 10.1. The van der Waals surface area contributed by atoms with Gasteiger partial charge in [-0.25, -0.2) is 0 Å². The number of likely N-dealkylation sites (N-methyl/N-ethyl adjacent to an activating group) is 1. The largest absolute Gasteiger partial charge is 0.374 e. The standard InChI is InChI=1S/C16H22N4O3/c1-11(22-3)15-18-14(23-19-15)10-20(2)16(21)13(17)9-12-7-5-4-6-8-12/h4-8,11,13H,9-10,17H2,1-3H3/t11?,13-/m0/s1. The molecule has 0 saturated carbocycles. The van der Waals surface area contributed by atoms with Gasteiger partial charge < -0.3 is 19.9 Å². The van der Waals surface area contributed by atoms with E-state index in [0.29, 0.717) is 18.1 Å². The summed E-state index contributed by atoms with van der Waals surface area (Å²) in [5, 5.41) is 3.83. The molecular weight excluding hydrogens is 296 g/mol. The summed E-state index contributed by atoms with van der Waals surface area (Å²) in [6.07, 6.45) is 0.230. The molecule has 0 radical (unpaired) electrons. The van der Waals surface area contributed by atoms with Crippen LogP contribution in [-0.4, -0.2) is 41.1 Å². The number of nitrogens with zero attached hydrogens (tertiary/aromatic N) is 3. The molecule has 0 aliphatic rings. The van der Waals surface area contributed by atoms with Crippen LogP contribution in [0.25, 0.3) is 0 Å². The van der Waals surface area contributed by atoms with Gasteiger partial charge in [0, 0.05) is 14.2 Å². The number of carbonyl (C=O) groups is 1. The highest BCUT2D eigenvalue weighted by Gasteiger charge is 2.21. The molecule has 0 spiro atoms. The van der Waals surface area contributed by atoms with E-state index in [1.165, 1.54) is 4.90 Å². The van der Waals surface area contributed by atoms with Crippen LogP contribution in [0.4, 0.5) is 0 Å². The third-order valence-corrected chi connectivity index (χ3v) is 3.57. The Balaban J connectivity index is 1.92. The third-order valence-electron chi connectivity index (χ3n) is 3.57. The van der Waals surface area contributed by atoms with Crippen LogP contribution in [0.1, 0.15) is 30.3 Å². The number of methoxy groups -OCH3 is 1. The molecule has 2 aromatic rings. The van der Waals surface area contributed by atoms with E-state index < -0.39 is 6.04 Å². The van der Waals surface area contributed by atoms with Gasteiger partial charge in [-0.2, -0.15) is 4.98 Å². The van der Waals surface area contributed by atoms with Crippen molar-refractivity contribution in [3.8, 4) is 0 Å². The van der Waals surface area contributed by atoms with Crippen molar-refractivity contribution in [3.63, 3.8) is 0 Å². The van der Waals surface area contributed by atoms with Crippen molar-refractivity contribution < 1.29 is 14.1 Å². The Bertz CT molecular complexity index is 629. The second-order valence-electron chi connectivity index (χ2n) is 5.41. The Morgan fingerprint density at radius 2 is 2.09 bits per heavy atom. The monoisotopic (exact) mass is 318 g/mol. The number of hydrogen-bond acceptors (Lipinski definition) is 6. The van der Waals surface area contributed by atoms with Crippen LogP contribution in [0.15, 0.2) is 34.9 Å². The normalized spacial score (nSPS) is 13.6. The summed E-state index contributed by atoms with van der Waals surface area (Å²) < 4.78 is 10.3. The van der Waals surface area contributed by atoms with Gasteiger partial charge in [-0.05, 0) is 18.9 Å². The van der Waals surface area contributed by atoms with Crippen molar-refractivity contribution in [2.24, 2.45) is 5.73 Å². The Morgan fingerprint density at radius 1 is 1.39 bits per heavy atom. The van der Waals surface area contributed by atoms with Crippen molar-refractivity contribution in [1.29, 1.82) is 0 Å². The van der Waals surface area contributed by atoms with E-state index in [1.54, 1.807) is 14.2 Å². The summed E-state index contributed by atoms with van der Waals surface area (Å²) in [4.78, 5) is 18.0. The fourth-order valence-corrected chi connectivity index (χ4v) is 2.12. The number of ether oxygens (including phenoxy) is 1. The zero-order valence-electron chi connectivity index (χ0n) is 13.6. The molecule has 7 heteroatoms. The number of rotatable bonds is 7. The zero-order chi connectivity index (χ0) is 16.8. The third kappa shape index (κ3) is 4.61. The van der Waals surface area contributed by atoms with Gasteiger partial charge in [0.1, 0.15) is 6.10 Å². The van der Waals surface area contributed by atoms with Crippen molar-refractivity contribution in [3.05, 3.63) is 47.6 Å². The van der Waals surface area contributed by atoms with E-state index >= 15 is 0 Å². The summed E-state index contributed by atoms with van der Waals surface area (Å²) in [5.74, 6) is 0.636. The minimum absolute atomic E-state index is 0.173. The molecule has 2 atom stereocenters. The summed E-state index contributed by atoms with van der Waals surface area (Å²) in [7, 11) is 3.23. The minimum Gasteiger partial charge on any atom is -0.374 e. The minimum atomic E-state index is -0.609. The fourth-order valence-electron chi connectivity index (χ4n) is 2.12. The number of aromatic nitrogens is 2. The predicted octanol–water partition coefficient (Wildman–Crippen LogP) is 1.31. The summed E-state index contributed by atoms with van der Waals surface area (Å²) in [5.41, 5.74) is 7.02. The quantitative estimate of drug-likeness (QED) is 0.827. The van der Waals surface area contributed by atoms with Gasteiger partial charge >= 0.3 is 0 Å². The lowest BCUT2D eigenvalue weighted by Gasteiger charge is -2.19. The fraction of sp³-hybridized carbons (Fsp3) is 0.438. The highest BCUT2D eigenvalue weighted by atomic mass is 16.5. The first-order valence-corrected chi connectivity index (χ1v) is 7.41. The van der Waals surface area contributed by atoms with E-state index in [-0.39, 0.29) is 18.6 Å². The van der Waals surface area contributed by atoms with Crippen molar-refractivity contribution in [2.75, 3.05) is 14.2 Å².